The highest BCUT2D eigenvalue weighted by molar-refractivity contribution is 6.49. The van der Waals surface area contributed by atoms with Crippen LogP contribution in [-0.2, 0) is 5.41 Å². The number of methoxy groups -OCH3 is 1. The number of ether oxygens (including phenoxy) is 1. The first-order chi connectivity index (χ1) is 8.31. The van der Waals surface area contributed by atoms with Crippen LogP contribution in [0.2, 0.25) is 13.1 Å². The van der Waals surface area contributed by atoms with Crippen molar-refractivity contribution in [1.82, 2.24) is 0 Å². The summed E-state index contributed by atoms with van der Waals surface area (Å²) < 4.78 is 11.5. The fourth-order valence-corrected chi connectivity index (χ4v) is 2.77. The van der Waals surface area contributed by atoms with E-state index in [9.17, 15) is 0 Å². The maximum atomic E-state index is 5.95. The van der Waals surface area contributed by atoms with Crippen LogP contribution in [0.1, 0.15) is 31.9 Å². The summed E-state index contributed by atoms with van der Waals surface area (Å²) in [7, 11) is 0.556. The summed E-state index contributed by atoms with van der Waals surface area (Å²) in [6.07, 6.45) is 1.87. The third kappa shape index (κ3) is 3.16. The standard InChI is InChI=1S/C15H24O2Si/c1-8-11-9-10-12(17-18(6)7)14(16-5)13(11)15(2,3)4/h8-10,18H,1H2,2-7H3. The van der Waals surface area contributed by atoms with Gasteiger partial charge in [0.25, 0.3) is 0 Å². The highest BCUT2D eigenvalue weighted by atomic mass is 28.3. The van der Waals surface area contributed by atoms with Crippen LogP contribution in [0.5, 0.6) is 11.5 Å². The largest absolute Gasteiger partial charge is 0.544 e. The van der Waals surface area contributed by atoms with Crippen molar-refractivity contribution < 1.29 is 9.16 Å². The van der Waals surface area contributed by atoms with E-state index in [1.54, 1.807) is 7.11 Å². The van der Waals surface area contributed by atoms with Gasteiger partial charge < -0.3 is 9.16 Å². The Labute approximate surface area is 112 Å². The van der Waals surface area contributed by atoms with Crippen molar-refractivity contribution in [2.45, 2.75) is 39.3 Å². The summed E-state index contributed by atoms with van der Waals surface area (Å²) in [4.78, 5) is 0. The molecule has 1 aromatic carbocycles. The van der Waals surface area contributed by atoms with E-state index in [1.165, 1.54) is 0 Å². The maximum Gasteiger partial charge on any atom is 0.229 e. The number of rotatable bonds is 4. The molecule has 0 aliphatic carbocycles. The van der Waals surface area contributed by atoms with Gasteiger partial charge in [0, 0.05) is 5.56 Å². The molecule has 0 spiro atoms. The predicted octanol–water partition coefficient (Wildman–Crippen LogP) is 4.00. The average Bonchev–Trinajstić information content (AvgIpc) is 2.26. The maximum absolute atomic E-state index is 5.95. The Bertz CT molecular complexity index is 431. The first kappa shape index (κ1) is 14.8. The quantitative estimate of drug-likeness (QED) is 0.765. The monoisotopic (exact) mass is 264 g/mol. The van der Waals surface area contributed by atoms with Gasteiger partial charge >= 0.3 is 0 Å². The lowest BCUT2D eigenvalue weighted by Crippen LogP contribution is -2.17. The van der Waals surface area contributed by atoms with E-state index in [0.717, 1.165) is 22.6 Å². The lowest BCUT2D eigenvalue weighted by atomic mass is 9.82. The summed E-state index contributed by atoms with van der Waals surface area (Å²) in [5, 5.41) is 0. The molecule has 1 rings (SSSR count). The molecule has 0 N–H and O–H groups in total. The van der Waals surface area contributed by atoms with Gasteiger partial charge in [-0.05, 0) is 30.1 Å². The van der Waals surface area contributed by atoms with E-state index in [0.29, 0.717) is 0 Å². The Morgan fingerprint density at radius 2 is 1.83 bits per heavy atom. The van der Waals surface area contributed by atoms with E-state index >= 15 is 0 Å². The minimum absolute atomic E-state index is 0.00717. The van der Waals surface area contributed by atoms with Crippen molar-refractivity contribution in [2.24, 2.45) is 0 Å². The first-order valence-corrected chi connectivity index (χ1v) is 9.10. The highest BCUT2D eigenvalue weighted by Gasteiger charge is 2.25. The van der Waals surface area contributed by atoms with Crippen LogP contribution in [0.3, 0.4) is 0 Å². The average molecular weight is 264 g/mol. The Kier molecular flexibility index (Phi) is 4.63. The topological polar surface area (TPSA) is 18.5 Å². The molecule has 3 heteroatoms. The van der Waals surface area contributed by atoms with Crippen molar-refractivity contribution >= 4 is 15.1 Å². The molecule has 18 heavy (non-hydrogen) atoms. The lowest BCUT2D eigenvalue weighted by Gasteiger charge is -2.26. The summed E-state index contributed by atoms with van der Waals surface area (Å²) in [6.45, 7) is 14.7. The van der Waals surface area contributed by atoms with Gasteiger partial charge in [0.2, 0.25) is 9.04 Å². The van der Waals surface area contributed by atoms with Crippen LogP contribution in [0, 0.1) is 0 Å². The molecule has 0 radical (unpaired) electrons. The van der Waals surface area contributed by atoms with Crippen LogP contribution >= 0.6 is 0 Å². The van der Waals surface area contributed by atoms with Gasteiger partial charge in [0.15, 0.2) is 5.75 Å². The lowest BCUT2D eigenvalue weighted by molar-refractivity contribution is 0.378. The molecule has 0 unspecified atom stereocenters. The van der Waals surface area contributed by atoms with E-state index in [1.807, 2.05) is 12.1 Å². The van der Waals surface area contributed by atoms with Crippen LogP contribution in [0.4, 0.5) is 0 Å². The van der Waals surface area contributed by atoms with E-state index < -0.39 is 9.04 Å². The molecule has 0 saturated carbocycles. The Morgan fingerprint density at radius 3 is 2.22 bits per heavy atom. The van der Waals surface area contributed by atoms with E-state index in [-0.39, 0.29) is 5.41 Å². The molecule has 0 aromatic heterocycles. The fraction of sp³-hybridized carbons (Fsp3) is 0.467. The number of benzene rings is 1. The van der Waals surface area contributed by atoms with Crippen LogP contribution in [-0.4, -0.2) is 16.2 Å². The molecule has 0 fully saturated rings. The van der Waals surface area contributed by atoms with E-state index in [4.69, 9.17) is 9.16 Å². The summed E-state index contributed by atoms with van der Waals surface area (Å²) in [5.41, 5.74) is 2.26. The second-order valence-electron chi connectivity index (χ2n) is 5.68. The van der Waals surface area contributed by atoms with Gasteiger partial charge in [-0.2, -0.15) is 0 Å². The molecule has 0 atom stereocenters. The van der Waals surface area contributed by atoms with Crippen molar-refractivity contribution in [1.29, 1.82) is 0 Å². The molecular weight excluding hydrogens is 240 g/mol. The summed E-state index contributed by atoms with van der Waals surface area (Å²) in [6, 6.07) is 4.04. The third-order valence-electron chi connectivity index (χ3n) is 2.69. The van der Waals surface area contributed by atoms with Crippen molar-refractivity contribution in [3.63, 3.8) is 0 Å². The van der Waals surface area contributed by atoms with Gasteiger partial charge in [-0.25, -0.2) is 0 Å². The SMILES string of the molecule is C=Cc1ccc(O[SiH](C)C)c(OC)c1C(C)(C)C. The molecule has 0 heterocycles. The molecule has 2 nitrogen and oxygen atoms in total. The fourth-order valence-electron chi connectivity index (χ4n) is 2.07. The van der Waals surface area contributed by atoms with Crippen LogP contribution in [0.15, 0.2) is 18.7 Å². The van der Waals surface area contributed by atoms with Gasteiger partial charge in [-0.3, -0.25) is 0 Å². The predicted molar refractivity (Wildman–Crippen MR) is 81.3 cm³/mol. The Morgan fingerprint density at radius 1 is 1.22 bits per heavy atom. The minimum Gasteiger partial charge on any atom is -0.544 e. The smallest absolute Gasteiger partial charge is 0.229 e. The number of hydrogen-bond acceptors (Lipinski definition) is 2. The molecule has 100 valence electrons. The molecule has 1 aromatic rings. The van der Waals surface area contributed by atoms with Crippen LogP contribution in [0.25, 0.3) is 6.08 Å². The second kappa shape index (κ2) is 5.61. The Balaban J connectivity index is 3.47. The third-order valence-corrected chi connectivity index (χ3v) is 3.42. The summed E-state index contributed by atoms with van der Waals surface area (Å²) in [5.74, 6) is 1.70. The molecule has 0 saturated heterocycles. The molecule has 0 bridgehead atoms. The van der Waals surface area contributed by atoms with Gasteiger partial charge in [-0.1, -0.05) is 39.5 Å². The zero-order valence-corrected chi connectivity index (χ0v) is 13.5. The molecule has 0 aliphatic rings. The zero-order valence-electron chi connectivity index (χ0n) is 12.3. The van der Waals surface area contributed by atoms with Crippen molar-refractivity contribution in [3.8, 4) is 11.5 Å². The first-order valence-electron chi connectivity index (χ1n) is 6.31. The minimum atomic E-state index is -1.14. The van der Waals surface area contributed by atoms with Crippen molar-refractivity contribution in [3.05, 3.63) is 29.8 Å². The molecular formula is C15H24O2Si. The highest BCUT2D eigenvalue weighted by Crippen LogP contribution is 2.41. The van der Waals surface area contributed by atoms with Crippen molar-refractivity contribution in [2.75, 3.05) is 7.11 Å². The van der Waals surface area contributed by atoms with Crippen LogP contribution < -0.4 is 9.16 Å². The normalized spacial score (nSPS) is 11.5. The van der Waals surface area contributed by atoms with E-state index in [2.05, 4.69) is 46.5 Å². The van der Waals surface area contributed by atoms with Gasteiger partial charge in [-0.15, -0.1) is 0 Å². The van der Waals surface area contributed by atoms with Gasteiger partial charge in [0.1, 0.15) is 5.75 Å². The second-order valence-corrected chi connectivity index (χ2v) is 8.02. The molecule has 0 aliphatic heterocycles. The zero-order chi connectivity index (χ0) is 13.9. The molecule has 0 amide bonds. The number of hydrogen-bond donors (Lipinski definition) is 0. The van der Waals surface area contributed by atoms with Gasteiger partial charge in [0.05, 0.1) is 7.11 Å². The summed E-state index contributed by atoms with van der Waals surface area (Å²) >= 11 is 0. The Hall–Kier alpha value is -1.22.